The van der Waals surface area contributed by atoms with E-state index >= 15 is 0 Å². The molecule has 1 radical (unpaired) electrons. The van der Waals surface area contributed by atoms with E-state index in [1.54, 1.807) is 0 Å². The molecule has 11 heteroatoms. The number of rotatable bonds is 2. The van der Waals surface area contributed by atoms with Crippen LogP contribution in [0.1, 0.15) is 6.42 Å². The fourth-order valence-corrected chi connectivity index (χ4v) is 2.20. The zero-order chi connectivity index (χ0) is 15.1. The van der Waals surface area contributed by atoms with Crippen molar-refractivity contribution in [1.82, 2.24) is 0 Å². The molecule has 1 aliphatic rings. The Morgan fingerprint density at radius 3 is 2.11 bits per heavy atom. The molecule has 0 aromatic carbocycles. The van der Waals surface area contributed by atoms with Crippen LogP contribution in [0.3, 0.4) is 0 Å². The normalized spacial score (nSPS) is 21.7. The van der Waals surface area contributed by atoms with Gasteiger partial charge >= 0.3 is 19.1 Å². The lowest BCUT2D eigenvalue weighted by molar-refractivity contribution is -0.165. The summed E-state index contributed by atoms with van der Waals surface area (Å²) in [4.78, 5) is -1.23. The summed E-state index contributed by atoms with van der Waals surface area (Å²) >= 11 is 0. The number of alkyl halides is 6. The Kier molecular flexibility index (Phi) is 4.11. The first-order chi connectivity index (χ1) is 8.38. The zero-order valence-corrected chi connectivity index (χ0v) is 9.77. The molecule has 0 amide bonds. The molecule has 107 valence electrons. The molecule has 1 N–H and O–H groups in total. The highest BCUT2D eigenvalue weighted by molar-refractivity contribution is 8.17. The smallest absolute Gasteiger partial charge is 0.440 e. The molecule has 0 heterocycles. The van der Waals surface area contributed by atoms with Gasteiger partial charge in [0.15, 0.2) is 9.69 Å². The van der Waals surface area contributed by atoms with Crippen LogP contribution in [0.2, 0.25) is 0 Å². The second-order valence-electron chi connectivity index (χ2n) is 3.74. The minimum atomic E-state index is -5.08. The maximum absolute atomic E-state index is 12.5. The van der Waals surface area contributed by atoms with E-state index in [1.165, 1.54) is 0 Å². The minimum absolute atomic E-state index is 0.0876. The first kappa shape index (κ1) is 16.1. The lowest BCUT2D eigenvalue weighted by atomic mass is 9.93. The molecular formula is C8H6BF6O3S. The third-order valence-electron chi connectivity index (χ3n) is 2.37. The fraction of sp³-hybridized carbons (Fsp3) is 0.500. The molecule has 3 nitrogen and oxygen atoms in total. The van der Waals surface area contributed by atoms with Crippen molar-refractivity contribution in [2.45, 2.75) is 18.8 Å². The Morgan fingerprint density at radius 1 is 1.21 bits per heavy atom. The minimum Gasteiger partial charge on any atom is -0.440 e. The molecule has 0 aromatic rings. The van der Waals surface area contributed by atoms with Gasteiger partial charge in [-0.15, -0.1) is 0 Å². The summed E-state index contributed by atoms with van der Waals surface area (Å²) in [5.41, 5.74) is -1.61. The average molecular weight is 307 g/mol. The molecular weight excluding hydrogens is 301 g/mol. The molecule has 1 unspecified atom stereocenters. The summed E-state index contributed by atoms with van der Waals surface area (Å²) in [6.07, 6.45) is -11.2. The van der Waals surface area contributed by atoms with E-state index in [0.717, 1.165) is 0 Å². The van der Waals surface area contributed by atoms with Gasteiger partial charge in [-0.2, -0.15) is 26.3 Å². The van der Waals surface area contributed by atoms with Crippen molar-refractivity contribution < 1.29 is 39.8 Å². The third-order valence-corrected chi connectivity index (χ3v) is 3.56. The number of allylic oxidation sites excluding steroid dienone is 3. The SMILES string of the molecule is O=S(=O)([B]O)C1=CC(C(F)(F)F)CC(C(F)(F)F)=C1. The Labute approximate surface area is 104 Å². The molecule has 0 fully saturated rings. The van der Waals surface area contributed by atoms with Crippen molar-refractivity contribution in [3.05, 3.63) is 22.6 Å². The summed E-state index contributed by atoms with van der Waals surface area (Å²) in [6.45, 7) is -0.442. The van der Waals surface area contributed by atoms with E-state index in [4.69, 9.17) is 5.02 Å². The van der Waals surface area contributed by atoms with Crippen LogP contribution < -0.4 is 0 Å². The van der Waals surface area contributed by atoms with Crippen LogP contribution >= 0.6 is 0 Å². The quantitative estimate of drug-likeness (QED) is 0.626. The van der Waals surface area contributed by atoms with Crippen LogP contribution in [0.5, 0.6) is 0 Å². The van der Waals surface area contributed by atoms with Crippen molar-refractivity contribution in [1.29, 1.82) is 0 Å². The summed E-state index contributed by atoms with van der Waals surface area (Å²) in [6, 6.07) is 0. The Balaban J connectivity index is 3.33. The van der Waals surface area contributed by atoms with Crippen LogP contribution in [-0.2, 0) is 9.69 Å². The summed E-state index contributed by atoms with van der Waals surface area (Å²) in [5.74, 6) is -2.57. The van der Waals surface area contributed by atoms with Crippen molar-refractivity contribution in [3.8, 4) is 0 Å². The lowest BCUT2D eigenvalue weighted by Crippen LogP contribution is -2.29. The predicted octanol–water partition coefficient (Wildman–Crippen LogP) is 1.88. The molecule has 1 rings (SSSR count). The standard InChI is InChI=1S/C8H6BF6O3S/c10-7(11,12)4-1-5(8(13,14)15)3-6(2-4)19(17,18)9-16/h2-4,16H,1H2. The highest BCUT2D eigenvalue weighted by Crippen LogP contribution is 2.42. The summed E-state index contributed by atoms with van der Waals surface area (Å²) in [7, 11) is -4.69. The maximum Gasteiger partial charge on any atom is 0.458 e. The lowest BCUT2D eigenvalue weighted by Gasteiger charge is -2.24. The van der Waals surface area contributed by atoms with Gasteiger partial charge in [0.05, 0.1) is 10.8 Å². The fourth-order valence-electron chi connectivity index (χ4n) is 1.42. The number of hydrogen-bond acceptors (Lipinski definition) is 3. The van der Waals surface area contributed by atoms with Gasteiger partial charge in [-0.3, -0.25) is 0 Å². The predicted molar refractivity (Wildman–Crippen MR) is 53.3 cm³/mol. The van der Waals surface area contributed by atoms with Crippen LogP contribution in [0, 0.1) is 5.92 Å². The third kappa shape index (κ3) is 3.75. The molecule has 0 aliphatic heterocycles. The Morgan fingerprint density at radius 2 is 1.74 bits per heavy atom. The van der Waals surface area contributed by atoms with Gasteiger partial charge in [0.2, 0.25) is 0 Å². The van der Waals surface area contributed by atoms with Crippen molar-refractivity contribution in [3.63, 3.8) is 0 Å². The van der Waals surface area contributed by atoms with Crippen molar-refractivity contribution >= 4 is 16.4 Å². The average Bonchev–Trinajstić information content (AvgIpc) is 2.26. The number of hydrogen-bond donors (Lipinski definition) is 1. The van der Waals surface area contributed by atoms with Gasteiger partial charge in [0.25, 0.3) is 0 Å². The second-order valence-corrected chi connectivity index (χ2v) is 5.51. The second kappa shape index (κ2) is 4.86. The highest BCUT2D eigenvalue weighted by atomic mass is 32.2. The molecule has 19 heavy (non-hydrogen) atoms. The molecule has 0 saturated carbocycles. The molecule has 0 saturated heterocycles. The van der Waals surface area contributed by atoms with Gasteiger partial charge in [-0.05, 0) is 12.5 Å². The van der Waals surface area contributed by atoms with E-state index in [0.29, 0.717) is 0 Å². The largest absolute Gasteiger partial charge is 0.458 e. The van der Waals surface area contributed by atoms with E-state index in [2.05, 4.69) is 0 Å². The van der Waals surface area contributed by atoms with Crippen LogP contribution in [-0.4, -0.2) is 32.6 Å². The summed E-state index contributed by atoms with van der Waals surface area (Å²) in [5, 5.41) is 8.38. The first-order valence-electron chi connectivity index (χ1n) is 4.67. The van der Waals surface area contributed by atoms with E-state index in [9.17, 15) is 34.8 Å². The van der Waals surface area contributed by atoms with Gasteiger partial charge in [-0.1, -0.05) is 6.08 Å². The highest BCUT2D eigenvalue weighted by Gasteiger charge is 2.46. The van der Waals surface area contributed by atoms with Crippen LogP contribution in [0.25, 0.3) is 0 Å². The van der Waals surface area contributed by atoms with E-state index < -0.39 is 51.6 Å². The molecule has 0 bridgehead atoms. The van der Waals surface area contributed by atoms with Gasteiger partial charge in [0, 0.05) is 5.57 Å². The molecule has 1 aliphatic carbocycles. The van der Waals surface area contributed by atoms with Crippen LogP contribution in [0.15, 0.2) is 22.6 Å². The zero-order valence-electron chi connectivity index (χ0n) is 8.96. The van der Waals surface area contributed by atoms with Crippen molar-refractivity contribution in [2.24, 2.45) is 5.92 Å². The van der Waals surface area contributed by atoms with Crippen LogP contribution in [0.4, 0.5) is 26.3 Å². The molecule has 0 aromatic heterocycles. The van der Waals surface area contributed by atoms with Gasteiger partial charge in [0.1, 0.15) is 0 Å². The van der Waals surface area contributed by atoms with Gasteiger partial charge in [-0.25, -0.2) is 8.42 Å². The molecule has 0 spiro atoms. The van der Waals surface area contributed by atoms with Gasteiger partial charge < -0.3 is 5.02 Å². The first-order valence-corrected chi connectivity index (χ1v) is 6.21. The Hall–Kier alpha value is -0.965. The van der Waals surface area contributed by atoms with E-state index in [1.807, 2.05) is 0 Å². The topological polar surface area (TPSA) is 54.4 Å². The Bertz CT molecular complexity index is 516. The summed E-state index contributed by atoms with van der Waals surface area (Å²) < 4.78 is 97.0. The number of halogens is 6. The van der Waals surface area contributed by atoms with Crippen molar-refractivity contribution in [2.75, 3.05) is 0 Å². The van der Waals surface area contributed by atoms with E-state index in [-0.39, 0.29) is 12.2 Å². The monoisotopic (exact) mass is 307 g/mol. The maximum atomic E-state index is 12.5. The molecule has 1 atom stereocenters.